The van der Waals surface area contributed by atoms with Crippen molar-refractivity contribution in [1.82, 2.24) is 0 Å². The molecule has 0 spiro atoms. The van der Waals surface area contributed by atoms with Gasteiger partial charge in [-0.1, -0.05) is 30.3 Å². The number of rotatable bonds is 2. The molecule has 4 nitrogen and oxygen atoms in total. The smallest absolute Gasteiger partial charge is 0.187 e. The molecule has 6 fully saturated rings. The highest BCUT2D eigenvalue weighted by Crippen LogP contribution is 2.48. The summed E-state index contributed by atoms with van der Waals surface area (Å²) < 4.78 is 12.0. The van der Waals surface area contributed by atoms with E-state index in [0.717, 1.165) is 48.0 Å². The molecule has 4 saturated heterocycles. The second-order valence-corrected chi connectivity index (χ2v) is 10.4. The lowest BCUT2D eigenvalue weighted by molar-refractivity contribution is -0.193. The number of fused-ring (bicyclic) bond motifs is 6. The number of carbonyl (C=O) groups excluding carboxylic acids is 1. The first kappa shape index (κ1) is 20.2. The number of ketones is 1. The van der Waals surface area contributed by atoms with Gasteiger partial charge < -0.3 is 14.6 Å². The molecule has 1 aromatic rings. The molecule has 0 aromatic heterocycles. The lowest BCUT2D eigenvalue weighted by Crippen LogP contribution is -2.55. The van der Waals surface area contributed by atoms with Gasteiger partial charge in [-0.2, -0.15) is 0 Å². The second-order valence-electron chi connectivity index (χ2n) is 10.4. The van der Waals surface area contributed by atoms with Crippen LogP contribution in [0.1, 0.15) is 64.5 Å². The summed E-state index contributed by atoms with van der Waals surface area (Å²) in [6.07, 6.45) is 7.12. The minimum Gasteiger partial charge on any atom is -0.386 e. The number of aliphatic hydroxyl groups is 1. The summed E-state index contributed by atoms with van der Waals surface area (Å²) in [7, 11) is 0. The fraction of sp³-hybridized carbons (Fsp3) is 0.577. The van der Waals surface area contributed by atoms with Crippen LogP contribution in [0.5, 0.6) is 0 Å². The number of Topliss-reactive ketones (excluding diaryl/α,β-unsaturated/α-hetero) is 1. The van der Waals surface area contributed by atoms with Crippen LogP contribution in [-0.4, -0.2) is 40.4 Å². The lowest BCUT2D eigenvalue weighted by atomic mass is 9.69. The van der Waals surface area contributed by atoms with Crippen LogP contribution in [-0.2, 0) is 14.3 Å². The van der Waals surface area contributed by atoms with Gasteiger partial charge in [-0.25, -0.2) is 0 Å². The SMILES string of the molecule is CC1(C)OC2CCC1C(=Cc1ccc(C=C3C(O)C4CCC3C(C)(C)O4)cc1)C2=O. The monoisotopic (exact) mass is 408 g/mol. The molecule has 0 radical (unpaired) electrons. The highest BCUT2D eigenvalue weighted by molar-refractivity contribution is 6.04. The zero-order valence-corrected chi connectivity index (χ0v) is 18.4. The van der Waals surface area contributed by atoms with Crippen molar-refractivity contribution in [2.24, 2.45) is 11.8 Å². The van der Waals surface area contributed by atoms with E-state index in [1.807, 2.05) is 0 Å². The zero-order valence-electron chi connectivity index (χ0n) is 18.4. The van der Waals surface area contributed by atoms with Gasteiger partial charge in [0.05, 0.1) is 17.3 Å². The Morgan fingerprint density at radius 3 is 2.10 bits per heavy atom. The van der Waals surface area contributed by atoms with E-state index in [9.17, 15) is 9.90 Å². The topological polar surface area (TPSA) is 55.8 Å². The lowest BCUT2D eigenvalue weighted by Gasteiger charge is -2.52. The minimum absolute atomic E-state index is 0.0985. The molecule has 2 aliphatic carbocycles. The molecule has 6 aliphatic rings. The number of carbonyl (C=O) groups is 1. The largest absolute Gasteiger partial charge is 0.386 e. The predicted octanol–water partition coefficient (Wildman–Crippen LogP) is 4.56. The molecule has 4 heterocycles. The van der Waals surface area contributed by atoms with Gasteiger partial charge in [0, 0.05) is 17.4 Å². The van der Waals surface area contributed by atoms with Crippen LogP contribution in [0.4, 0.5) is 0 Å². The van der Waals surface area contributed by atoms with Crippen molar-refractivity contribution in [1.29, 1.82) is 0 Å². The average molecular weight is 409 g/mol. The van der Waals surface area contributed by atoms with Gasteiger partial charge in [0.15, 0.2) is 5.78 Å². The van der Waals surface area contributed by atoms with E-state index in [1.165, 1.54) is 0 Å². The Hall–Kier alpha value is -1.75. The normalized spacial score (nSPS) is 39.1. The van der Waals surface area contributed by atoms with Crippen LogP contribution in [0, 0.1) is 11.8 Å². The van der Waals surface area contributed by atoms with Gasteiger partial charge >= 0.3 is 0 Å². The van der Waals surface area contributed by atoms with Crippen LogP contribution in [0.15, 0.2) is 35.4 Å². The van der Waals surface area contributed by atoms with E-state index < -0.39 is 6.10 Å². The fourth-order valence-corrected chi connectivity index (χ4v) is 6.08. The molecule has 5 atom stereocenters. The maximum Gasteiger partial charge on any atom is 0.187 e. The van der Waals surface area contributed by atoms with Crippen LogP contribution in [0.25, 0.3) is 12.2 Å². The first-order valence-corrected chi connectivity index (χ1v) is 11.3. The van der Waals surface area contributed by atoms with E-state index in [-0.39, 0.29) is 41.0 Å². The van der Waals surface area contributed by atoms with E-state index in [2.05, 4.69) is 64.1 Å². The van der Waals surface area contributed by atoms with Crippen molar-refractivity contribution < 1.29 is 19.4 Å². The highest BCUT2D eigenvalue weighted by Gasteiger charge is 2.50. The molecule has 30 heavy (non-hydrogen) atoms. The summed E-state index contributed by atoms with van der Waals surface area (Å²) in [5.41, 5.74) is 3.61. The third-order valence-corrected chi connectivity index (χ3v) is 7.68. The summed E-state index contributed by atoms with van der Waals surface area (Å²) in [6.45, 7) is 8.43. The summed E-state index contributed by atoms with van der Waals surface area (Å²) in [4.78, 5) is 12.7. The van der Waals surface area contributed by atoms with Gasteiger partial charge in [-0.3, -0.25) is 4.79 Å². The molecule has 4 aliphatic heterocycles. The molecule has 0 amide bonds. The number of ether oxygens (including phenoxy) is 2. The van der Waals surface area contributed by atoms with Crippen molar-refractivity contribution in [3.63, 3.8) is 0 Å². The Kier molecular flexibility index (Phi) is 4.62. The summed E-state index contributed by atoms with van der Waals surface area (Å²) in [6, 6.07) is 8.29. The van der Waals surface area contributed by atoms with Gasteiger partial charge in [0.2, 0.25) is 0 Å². The molecule has 1 aromatic carbocycles. The quantitative estimate of drug-likeness (QED) is 0.729. The maximum absolute atomic E-state index is 12.7. The Labute approximate surface area is 179 Å². The maximum atomic E-state index is 12.7. The Morgan fingerprint density at radius 1 is 0.867 bits per heavy atom. The molecule has 4 heteroatoms. The van der Waals surface area contributed by atoms with Crippen molar-refractivity contribution in [2.75, 3.05) is 0 Å². The van der Waals surface area contributed by atoms with Crippen LogP contribution >= 0.6 is 0 Å². The Balaban J connectivity index is 1.41. The fourth-order valence-electron chi connectivity index (χ4n) is 6.08. The summed E-state index contributed by atoms with van der Waals surface area (Å²) >= 11 is 0. The Morgan fingerprint density at radius 2 is 1.47 bits per heavy atom. The van der Waals surface area contributed by atoms with Gasteiger partial charge in [0.25, 0.3) is 0 Å². The third kappa shape index (κ3) is 3.21. The van der Waals surface area contributed by atoms with E-state index in [4.69, 9.17) is 9.47 Å². The first-order chi connectivity index (χ1) is 14.2. The number of benzene rings is 1. The molecule has 160 valence electrons. The van der Waals surface area contributed by atoms with Crippen LogP contribution < -0.4 is 0 Å². The van der Waals surface area contributed by atoms with Crippen molar-refractivity contribution in [3.05, 3.63) is 46.5 Å². The minimum atomic E-state index is -0.517. The first-order valence-electron chi connectivity index (χ1n) is 11.3. The molecular weight excluding hydrogens is 376 g/mol. The molecule has 1 N–H and O–H groups in total. The van der Waals surface area contributed by atoms with Gasteiger partial charge in [-0.15, -0.1) is 0 Å². The predicted molar refractivity (Wildman–Crippen MR) is 117 cm³/mol. The van der Waals surface area contributed by atoms with E-state index in [1.54, 1.807) is 0 Å². The highest BCUT2D eigenvalue weighted by atomic mass is 16.5. The zero-order chi connectivity index (χ0) is 21.3. The second kappa shape index (κ2) is 6.88. The van der Waals surface area contributed by atoms with E-state index >= 15 is 0 Å². The number of hydrogen-bond acceptors (Lipinski definition) is 4. The number of hydrogen-bond donors (Lipinski definition) is 1. The standard InChI is InChI=1S/C26H32O4/c1-25(2)19-9-11-21(29-25)23(27)17(19)13-15-5-7-16(8-6-15)14-18-20-10-12-22(24(18)28)30-26(20,3)4/h5-8,13-14,19-23,27H,9-12H2,1-4H3. The van der Waals surface area contributed by atoms with Gasteiger partial charge in [-0.05, 0) is 76.2 Å². The Bertz CT molecular complexity index is 921. The average Bonchev–Trinajstić information content (AvgIpc) is 2.68. The van der Waals surface area contributed by atoms with E-state index in [0.29, 0.717) is 0 Å². The van der Waals surface area contributed by atoms with Crippen LogP contribution in [0.3, 0.4) is 0 Å². The van der Waals surface area contributed by atoms with Crippen LogP contribution in [0.2, 0.25) is 0 Å². The molecule has 5 unspecified atom stereocenters. The van der Waals surface area contributed by atoms with Crippen molar-refractivity contribution in [3.8, 4) is 0 Å². The van der Waals surface area contributed by atoms with Gasteiger partial charge in [0.1, 0.15) is 12.2 Å². The third-order valence-electron chi connectivity index (χ3n) is 7.68. The van der Waals surface area contributed by atoms with Crippen molar-refractivity contribution in [2.45, 2.75) is 82.9 Å². The van der Waals surface area contributed by atoms with Crippen molar-refractivity contribution >= 4 is 17.9 Å². The number of aliphatic hydroxyl groups excluding tert-OH is 1. The molecule has 7 rings (SSSR count). The summed E-state index contributed by atoms with van der Waals surface area (Å²) in [5.74, 6) is 0.559. The molecule has 4 bridgehead atoms. The molecule has 2 saturated carbocycles. The molecular formula is C26H32O4. The summed E-state index contributed by atoms with van der Waals surface area (Å²) in [5, 5.41) is 10.7.